The predicted octanol–water partition coefficient (Wildman–Crippen LogP) is 1.06. The highest BCUT2D eigenvalue weighted by Gasteiger charge is 2.15. The molecule has 0 aliphatic heterocycles. The van der Waals surface area contributed by atoms with Gasteiger partial charge in [-0.15, -0.1) is 0 Å². The highest BCUT2D eigenvalue weighted by molar-refractivity contribution is 5.51. The average molecular weight is 262 g/mol. The molecule has 2 N–H and O–H groups in total. The fraction of sp³-hybridized carbons (Fsp3) is 0.333. The normalized spacial score (nSPS) is 10.7. The van der Waals surface area contributed by atoms with Gasteiger partial charge in [-0.25, -0.2) is 9.97 Å². The number of aromatic nitrogens is 4. The van der Waals surface area contributed by atoms with Crippen molar-refractivity contribution in [2.75, 3.05) is 7.11 Å². The van der Waals surface area contributed by atoms with Crippen molar-refractivity contribution in [1.82, 2.24) is 19.9 Å². The van der Waals surface area contributed by atoms with Crippen LogP contribution in [0.1, 0.15) is 25.3 Å². The number of H-pyrrole nitrogens is 1. The van der Waals surface area contributed by atoms with Crippen LogP contribution in [0.2, 0.25) is 0 Å². The van der Waals surface area contributed by atoms with E-state index in [4.69, 9.17) is 4.74 Å². The third kappa shape index (κ3) is 2.54. The highest BCUT2D eigenvalue weighted by Crippen LogP contribution is 2.22. The maximum atomic E-state index is 11.9. The van der Waals surface area contributed by atoms with Crippen molar-refractivity contribution in [3.63, 3.8) is 0 Å². The molecule has 2 rings (SSSR count). The largest absolute Gasteiger partial charge is 0.493 e. The maximum absolute atomic E-state index is 11.9. The molecule has 7 heteroatoms. The second kappa shape index (κ2) is 5.05. The molecular weight excluding hydrogens is 248 g/mol. The van der Waals surface area contributed by atoms with E-state index in [0.717, 1.165) is 0 Å². The summed E-state index contributed by atoms with van der Waals surface area (Å²) in [4.78, 5) is 26.3. The minimum Gasteiger partial charge on any atom is -0.493 e. The third-order valence-electron chi connectivity index (χ3n) is 2.61. The van der Waals surface area contributed by atoms with Crippen LogP contribution >= 0.6 is 0 Å². The van der Waals surface area contributed by atoms with Gasteiger partial charge in [0.1, 0.15) is 12.0 Å². The van der Waals surface area contributed by atoms with Gasteiger partial charge in [-0.05, 0) is 5.92 Å². The molecule has 2 heterocycles. The first-order valence-corrected chi connectivity index (χ1v) is 5.72. The summed E-state index contributed by atoms with van der Waals surface area (Å²) in [5.41, 5.74) is 0.245. The van der Waals surface area contributed by atoms with Crippen LogP contribution in [0.5, 0.6) is 11.8 Å². The number of rotatable bonds is 3. The van der Waals surface area contributed by atoms with Crippen molar-refractivity contribution in [3.05, 3.63) is 28.3 Å². The van der Waals surface area contributed by atoms with Gasteiger partial charge < -0.3 is 14.8 Å². The summed E-state index contributed by atoms with van der Waals surface area (Å²) in [6.07, 6.45) is 1.29. The van der Waals surface area contributed by atoms with Gasteiger partial charge in [0, 0.05) is 6.07 Å². The predicted molar refractivity (Wildman–Crippen MR) is 68.2 cm³/mol. The molecule has 0 saturated carbocycles. The van der Waals surface area contributed by atoms with Crippen LogP contribution in [-0.2, 0) is 0 Å². The minimum absolute atomic E-state index is 0.120. The number of aromatic hydroxyl groups is 1. The van der Waals surface area contributed by atoms with Crippen LogP contribution in [0.3, 0.4) is 0 Å². The van der Waals surface area contributed by atoms with E-state index < -0.39 is 0 Å². The summed E-state index contributed by atoms with van der Waals surface area (Å²) in [5.74, 6) is 0.115. The van der Waals surface area contributed by atoms with E-state index in [9.17, 15) is 9.90 Å². The lowest BCUT2D eigenvalue weighted by molar-refractivity contribution is 0.397. The molecule has 0 fully saturated rings. The summed E-state index contributed by atoms with van der Waals surface area (Å²) in [6.45, 7) is 3.61. The zero-order valence-electron chi connectivity index (χ0n) is 10.8. The lowest BCUT2D eigenvalue weighted by Gasteiger charge is -2.08. The Kier molecular flexibility index (Phi) is 3.46. The molecule has 0 amide bonds. The number of nitrogens with zero attached hydrogens (tertiary/aromatic N) is 3. The van der Waals surface area contributed by atoms with Crippen LogP contribution in [0.25, 0.3) is 11.5 Å². The maximum Gasteiger partial charge on any atom is 0.258 e. The Labute approximate surface area is 109 Å². The summed E-state index contributed by atoms with van der Waals surface area (Å²) in [6, 6.07) is 1.52. The first kappa shape index (κ1) is 13.0. The third-order valence-corrected chi connectivity index (χ3v) is 2.61. The van der Waals surface area contributed by atoms with Crippen molar-refractivity contribution in [2.24, 2.45) is 0 Å². The van der Waals surface area contributed by atoms with Gasteiger partial charge in [-0.2, -0.15) is 4.98 Å². The van der Waals surface area contributed by atoms with Gasteiger partial charge >= 0.3 is 0 Å². The van der Waals surface area contributed by atoms with Crippen molar-refractivity contribution in [3.8, 4) is 23.3 Å². The zero-order chi connectivity index (χ0) is 14.0. The molecule has 0 radical (unpaired) electrons. The average Bonchev–Trinajstić information content (AvgIpc) is 2.37. The Balaban J connectivity index is 2.55. The van der Waals surface area contributed by atoms with E-state index >= 15 is 0 Å². The Bertz CT molecular complexity index is 652. The van der Waals surface area contributed by atoms with Crippen molar-refractivity contribution >= 4 is 0 Å². The van der Waals surface area contributed by atoms with Gasteiger partial charge in [0.05, 0.1) is 12.7 Å². The molecule has 0 aliphatic rings. The Hall–Kier alpha value is -2.44. The SMILES string of the molecule is COc1cc(-c2nc(O)c(C(C)C)c(=O)[nH]2)ncn1. The molecule has 0 bridgehead atoms. The molecule has 0 saturated heterocycles. The quantitative estimate of drug-likeness (QED) is 0.857. The van der Waals surface area contributed by atoms with Crippen LogP contribution in [0, 0.1) is 0 Å². The second-order valence-corrected chi connectivity index (χ2v) is 4.25. The Morgan fingerprint density at radius 3 is 2.68 bits per heavy atom. The lowest BCUT2D eigenvalue weighted by Crippen LogP contribution is -2.16. The molecule has 2 aromatic heterocycles. The van der Waals surface area contributed by atoms with Crippen LogP contribution < -0.4 is 10.3 Å². The summed E-state index contributed by atoms with van der Waals surface area (Å²) >= 11 is 0. The molecule has 100 valence electrons. The van der Waals surface area contributed by atoms with Crippen LogP contribution in [-0.4, -0.2) is 32.2 Å². The van der Waals surface area contributed by atoms with Crippen molar-refractivity contribution < 1.29 is 9.84 Å². The molecule has 7 nitrogen and oxygen atoms in total. The molecule has 0 aliphatic carbocycles. The van der Waals surface area contributed by atoms with Crippen LogP contribution in [0.4, 0.5) is 0 Å². The Morgan fingerprint density at radius 2 is 2.11 bits per heavy atom. The number of nitrogens with one attached hydrogen (secondary N) is 1. The zero-order valence-corrected chi connectivity index (χ0v) is 10.8. The summed E-state index contributed by atoms with van der Waals surface area (Å²) < 4.78 is 4.97. The van der Waals surface area contributed by atoms with E-state index in [1.165, 1.54) is 19.5 Å². The van der Waals surface area contributed by atoms with E-state index in [0.29, 0.717) is 11.6 Å². The topological polar surface area (TPSA) is 101 Å². The van der Waals surface area contributed by atoms with Gasteiger partial charge in [0.15, 0.2) is 5.82 Å². The fourth-order valence-electron chi connectivity index (χ4n) is 1.69. The van der Waals surface area contributed by atoms with Crippen LogP contribution in [0.15, 0.2) is 17.2 Å². The first-order chi connectivity index (χ1) is 9.02. The molecule has 19 heavy (non-hydrogen) atoms. The molecule has 0 unspecified atom stereocenters. The van der Waals surface area contributed by atoms with E-state index in [1.807, 2.05) is 0 Å². The minimum atomic E-state index is -0.380. The molecule has 0 spiro atoms. The van der Waals surface area contributed by atoms with Gasteiger partial charge in [-0.1, -0.05) is 13.8 Å². The monoisotopic (exact) mass is 262 g/mol. The van der Waals surface area contributed by atoms with Crippen molar-refractivity contribution in [2.45, 2.75) is 19.8 Å². The lowest BCUT2D eigenvalue weighted by atomic mass is 10.1. The Morgan fingerprint density at radius 1 is 1.37 bits per heavy atom. The van der Waals surface area contributed by atoms with E-state index in [2.05, 4.69) is 19.9 Å². The number of hydrogen-bond donors (Lipinski definition) is 2. The number of aromatic amines is 1. The molecule has 2 aromatic rings. The molecule has 0 atom stereocenters. The van der Waals surface area contributed by atoms with E-state index in [-0.39, 0.29) is 28.7 Å². The van der Waals surface area contributed by atoms with E-state index in [1.54, 1.807) is 13.8 Å². The summed E-state index contributed by atoms with van der Waals surface area (Å²) in [5, 5.41) is 9.82. The van der Waals surface area contributed by atoms with Gasteiger partial charge in [-0.3, -0.25) is 4.79 Å². The van der Waals surface area contributed by atoms with Gasteiger partial charge in [0.2, 0.25) is 11.8 Å². The van der Waals surface area contributed by atoms with Gasteiger partial charge in [0.25, 0.3) is 5.56 Å². The fourth-order valence-corrected chi connectivity index (χ4v) is 1.69. The number of methoxy groups -OCH3 is 1. The summed E-state index contributed by atoms with van der Waals surface area (Å²) in [7, 11) is 1.47. The second-order valence-electron chi connectivity index (χ2n) is 4.25. The highest BCUT2D eigenvalue weighted by atomic mass is 16.5. The standard InChI is InChI=1S/C12H14N4O3/c1-6(2)9-11(17)15-10(16-12(9)18)7-4-8(19-3)14-5-13-7/h4-6H,1-3H3,(H2,15,16,17,18). The van der Waals surface area contributed by atoms with Crippen molar-refractivity contribution in [1.29, 1.82) is 0 Å². The molecule has 0 aromatic carbocycles. The smallest absolute Gasteiger partial charge is 0.258 e. The molecular formula is C12H14N4O3. The first-order valence-electron chi connectivity index (χ1n) is 5.72. The number of hydrogen-bond acceptors (Lipinski definition) is 6. The number of ether oxygens (including phenoxy) is 1.